The highest BCUT2D eigenvalue weighted by atomic mass is 35.5. The molecule has 0 spiro atoms. The van der Waals surface area contributed by atoms with E-state index >= 15 is 0 Å². The zero-order chi connectivity index (χ0) is 17.0. The second-order valence-electron chi connectivity index (χ2n) is 4.38. The van der Waals surface area contributed by atoms with Crippen LogP contribution in [0.3, 0.4) is 0 Å². The number of carbonyl (C=O) groups excluding carboxylic acids is 1. The molecule has 0 heterocycles. The molecule has 0 radical (unpaired) electrons. The van der Waals surface area contributed by atoms with E-state index in [4.69, 9.17) is 23.2 Å². The molecule has 2 aromatic rings. The van der Waals surface area contributed by atoms with Gasteiger partial charge in [0.2, 0.25) is 5.91 Å². The van der Waals surface area contributed by atoms with Crippen molar-refractivity contribution in [2.45, 2.75) is 0 Å². The Bertz CT molecular complexity index is 789. The normalized spacial score (nSPS) is 10.7. The third-order valence-corrected chi connectivity index (χ3v) is 3.46. The first-order chi connectivity index (χ1) is 10.9. The molecule has 1 amide bonds. The molecule has 0 unspecified atom stereocenters. The van der Waals surface area contributed by atoms with E-state index in [1.54, 1.807) is 0 Å². The van der Waals surface area contributed by atoms with Crippen molar-refractivity contribution in [1.29, 1.82) is 0 Å². The average molecular weight is 355 g/mol. The molecule has 0 aliphatic heterocycles. The van der Waals surface area contributed by atoms with Gasteiger partial charge in [0.05, 0.1) is 9.95 Å². The van der Waals surface area contributed by atoms with Gasteiger partial charge in [-0.15, -0.1) is 0 Å². The van der Waals surface area contributed by atoms with Crippen molar-refractivity contribution in [2.75, 3.05) is 5.32 Å². The maximum absolute atomic E-state index is 13.6. The van der Waals surface area contributed by atoms with Gasteiger partial charge in [-0.05, 0) is 30.3 Å². The van der Waals surface area contributed by atoms with E-state index in [9.17, 15) is 19.3 Å². The first-order valence-electron chi connectivity index (χ1n) is 6.25. The number of benzene rings is 2. The van der Waals surface area contributed by atoms with E-state index in [1.807, 2.05) is 0 Å². The molecule has 0 bridgehead atoms. The molecule has 0 saturated heterocycles. The maximum atomic E-state index is 13.6. The van der Waals surface area contributed by atoms with Gasteiger partial charge < -0.3 is 5.32 Å². The van der Waals surface area contributed by atoms with Gasteiger partial charge in [0.1, 0.15) is 10.8 Å². The third-order valence-electron chi connectivity index (χ3n) is 2.81. The van der Waals surface area contributed by atoms with E-state index in [0.29, 0.717) is 0 Å². The topological polar surface area (TPSA) is 72.2 Å². The Hall–Kier alpha value is -2.44. The third kappa shape index (κ3) is 4.28. The lowest BCUT2D eigenvalue weighted by molar-refractivity contribution is -0.384. The number of nitrogens with one attached hydrogen (secondary N) is 1. The number of hydrogen-bond acceptors (Lipinski definition) is 3. The quantitative estimate of drug-likeness (QED) is 0.491. The molecule has 0 fully saturated rings. The van der Waals surface area contributed by atoms with Gasteiger partial charge in [0.25, 0.3) is 5.69 Å². The van der Waals surface area contributed by atoms with Gasteiger partial charge in [-0.2, -0.15) is 0 Å². The van der Waals surface area contributed by atoms with Crippen LogP contribution in [-0.4, -0.2) is 10.8 Å². The number of anilines is 1. The van der Waals surface area contributed by atoms with Gasteiger partial charge >= 0.3 is 0 Å². The molecule has 0 saturated carbocycles. The van der Waals surface area contributed by atoms with Crippen LogP contribution < -0.4 is 5.32 Å². The monoisotopic (exact) mass is 354 g/mol. The van der Waals surface area contributed by atoms with Crippen molar-refractivity contribution in [3.8, 4) is 0 Å². The van der Waals surface area contributed by atoms with Crippen LogP contribution in [0.25, 0.3) is 6.08 Å². The molecule has 2 aromatic carbocycles. The minimum absolute atomic E-state index is 0.0401. The van der Waals surface area contributed by atoms with E-state index in [2.05, 4.69) is 5.32 Å². The lowest BCUT2D eigenvalue weighted by Crippen LogP contribution is -2.08. The number of hydrogen-bond donors (Lipinski definition) is 1. The molecule has 118 valence electrons. The molecule has 0 aliphatic rings. The summed E-state index contributed by atoms with van der Waals surface area (Å²) in [6.07, 6.45) is 2.29. The summed E-state index contributed by atoms with van der Waals surface area (Å²) in [4.78, 5) is 21.9. The first kappa shape index (κ1) is 16.9. The second-order valence-corrected chi connectivity index (χ2v) is 5.20. The summed E-state index contributed by atoms with van der Waals surface area (Å²) in [5, 5.41) is 13.3. The number of carbonyl (C=O) groups is 1. The molecule has 2 rings (SSSR count). The molecule has 1 N–H and O–H groups in total. The summed E-state index contributed by atoms with van der Waals surface area (Å²) in [6, 6.07) is 7.99. The van der Waals surface area contributed by atoms with Gasteiger partial charge in [0, 0.05) is 23.4 Å². The van der Waals surface area contributed by atoms with Crippen molar-refractivity contribution < 1.29 is 14.1 Å². The smallest absolute Gasteiger partial charge is 0.289 e. The van der Waals surface area contributed by atoms with Crippen LogP contribution in [0.4, 0.5) is 15.8 Å². The number of nitrogens with zero attached hydrogens (tertiary/aromatic N) is 1. The Kier molecular flexibility index (Phi) is 5.31. The summed E-state index contributed by atoms with van der Waals surface area (Å²) < 4.78 is 13.6. The standard InChI is InChI=1S/C15H9Cl2FN2O3/c16-11-2-1-3-13(18)10(11)5-7-15(21)19-9-4-6-12(17)14(8-9)20(22)23/h1-8H,(H,19,21). The largest absolute Gasteiger partial charge is 0.322 e. The number of nitro groups is 1. The SMILES string of the molecule is O=C(C=Cc1c(F)cccc1Cl)Nc1ccc(Cl)c([N+](=O)[O-])c1. The number of nitro benzene ring substituents is 1. The number of amides is 1. The van der Waals surface area contributed by atoms with Crippen molar-refractivity contribution in [1.82, 2.24) is 0 Å². The molecule has 5 nitrogen and oxygen atoms in total. The fourth-order valence-electron chi connectivity index (χ4n) is 1.74. The fraction of sp³-hybridized carbons (Fsp3) is 0. The molecule has 23 heavy (non-hydrogen) atoms. The van der Waals surface area contributed by atoms with Crippen LogP contribution in [0.5, 0.6) is 0 Å². The highest BCUT2D eigenvalue weighted by molar-refractivity contribution is 6.33. The molecule has 0 atom stereocenters. The van der Waals surface area contributed by atoms with Crippen LogP contribution in [0.15, 0.2) is 42.5 Å². The highest BCUT2D eigenvalue weighted by Gasteiger charge is 2.13. The van der Waals surface area contributed by atoms with Crippen LogP contribution in [0.1, 0.15) is 5.56 Å². The number of rotatable bonds is 4. The predicted molar refractivity (Wildman–Crippen MR) is 87.2 cm³/mol. The molecular formula is C15H9Cl2FN2O3. The Morgan fingerprint density at radius 1 is 1.22 bits per heavy atom. The Balaban J connectivity index is 2.15. The van der Waals surface area contributed by atoms with Crippen LogP contribution >= 0.6 is 23.2 Å². The minimum Gasteiger partial charge on any atom is -0.322 e. The van der Waals surface area contributed by atoms with Crippen molar-refractivity contribution in [2.24, 2.45) is 0 Å². The van der Waals surface area contributed by atoms with E-state index in [0.717, 1.165) is 12.1 Å². The lowest BCUT2D eigenvalue weighted by atomic mass is 10.2. The zero-order valence-corrected chi connectivity index (χ0v) is 12.9. The fourth-order valence-corrected chi connectivity index (χ4v) is 2.16. The average Bonchev–Trinajstić information content (AvgIpc) is 2.48. The van der Waals surface area contributed by atoms with E-state index in [-0.39, 0.29) is 27.0 Å². The van der Waals surface area contributed by atoms with Crippen LogP contribution in [0.2, 0.25) is 10.0 Å². The van der Waals surface area contributed by atoms with Gasteiger partial charge in [0.15, 0.2) is 0 Å². The Morgan fingerprint density at radius 2 is 1.96 bits per heavy atom. The van der Waals surface area contributed by atoms with Crippen LogP contribution in [-0.2, 0) is 4.79 Å². The molecule has 8 heteroatoms. The molecular weight excluding hydrogens is 346 g/mol. The van der Waals surface area contributed by atoms with Crippen LogP contribution in [0, 0.1) is 15.9 Å². The highest BCUT2D eigenvalue weighted by Crippen LogP contribution is 2.27. The van der Waals surface area contributed by atoms with E-state index < -0.39 is 16.6 Å². The summed E-state index contributed by atoms with van der Waals surface area (Å²) >= 11 is 11.5. The number of halogens is 3. The predicted octanol–water partition coefficient (Wildman–Crippen LogP) is 4.69. The van der Waals surface area contributed by atoms with E-state index in [1.165, 1.54) is 36.4 Å². The Morgan fingerprint density at radius 3 is 2.61 bits per heavy atom. The van der Waals surface area contributed by atoms with Crippen molar-refractivity contribution >= 4 is 46.6 Å². The summed E-state index contributed by atoms with van der Waals surface area (Å²) in [7, 11) is 0. The summed E-state index contributed by atoms with van der Waals surface area (Å²) in [5.74, 6) is -1.16. The van der Waals surface area contributed by atoms with Crippen molar-refractivity contribution in [3.05, 3.63) is 74.0 Å². The van der Waals surface area contributed by atoms with Gasteiger partial charge in [-0.25, -0.2) is 4.39 Å². The minimum atomic E-state index is -0.660. The zero-order valence-electron chi connectivity index (χ0n) is 11.4. The van der Waals surface area contributed by atoms with Crippen molar-refractivity contribution in [3.63, 3.8) is 0 Å². The molecule has 0 aliphatic carbocycles. The summed E-state index contributed by atoms with van der Waals surface area (Å²) in [6.45, 7) is 0. The summed E-state index contributed by atoms with van der Waals surface area (Å²) in [5.41, 5.74) is -0.0626. The van der Waals surface area contributed by atoms with Gasteiger partial charge in [-0.1, -0.05) is 29.3 Å². The second kappa shape index (κ2) is 7.21. The Labute approximate surface area is 140 Å². The lowest BCUT2D eigenvalue weighted by Gasteiger charge is -2.03. The van der Waals surface area contributed by atoms with Gasteiger partial charge in [-0.3, -0.25) is 14.9 Å². The molecule has 0 aromatic heterocycles. The maximum Gasteiger partial charge on any atom is 0.289 e. The first-order valence-corrected chi connectivity index (χ1v) is 7.01.